The Morgan fingerprint density at radius 3 is 2.00 bits per heavy atom. The molecule has 0 aromatic carbocycles. The second-order valence-electron chi connectivity index (χ2n) is 6.24. The van der Waals surface area contributed by atoms with E-state index in [2.05, 4.69) is 10.6 Å². The van der Waals surface area contributed by atoms with Crippen LogP contribution in [0.5, 0.6) is 0 Å². The first-order valence-corrected chi connectivity index (χ1v) is 8.11. The third kappa shape index (κ3) is 8.50. The first kappa shape index (κ1) is 21.9. The number of hydrogen-bond acceptors (Lipinski definition) is 5. The summed E-state index contributed by atoms with van der Waals surface area (Å²) in [5.41, 5.74) is 5.32. The average molecular weight is 343 g/mol. The van der Waals surface area contributed by atoms with Gasteiger partial charge < -0.3 is 21.1 Å². The van der Waals surface area contributed by atoms with E-state index in [1.54, 1.807) is 13.8 Å². The number of carbonyl (C=O) groups excluding carboxylic acids is 4. The van der Waals surface area contributed by atoms with Crippen molar-refractivity contribution in [3.8, 4) is 0 Å². The number of rotatable bonds is 10. The molecular formula is C16H29N3O5. The van der Waals surface area contributed by atoms with E-state index in [-0.39, 0.29) is 24.9 Å². The maximum Gasteiger partial charge on any atom is 0.308 e. The van der Waals surface area contributed by atoms with Gasteiger partial charge in [-0.05, 0) is 25.7 Å². The van der Waals surface area contributed by atoms with Gasteiger partial charge in [-0.3, -0.25) is 19.2 Å². The number of amides is 3. The fourth-order valence-corrected chi connectivity index (χ4v) is 2.20. The lowest BCUT2D eigenvalue weighted by molar-refractivity contribution is -0.148. The summed E-state index contributed by atoms with van der Waals surface area (Å²) in [7, 11) is 0. The van der Waals surface area contributed by atoms with E-state index in [4.69, 9.17) is 10.5 Å². The van der Waals surface area contributed by atoms with Gasteiger partial charge in [0.1, 0.15) is 12.1 Å². The maximum absolute atomic E-state index is 12.4. The van der Waals surface area contributed by atoms with Gasteiger partial charge in [0.25, 0.3) is 0 Å². The topological polar surface area (TPSA) is 128 Å². The number of nitrogens with two attached hydrogens (primary N) is 1. The zero-order chi connectivity index (χ0) is 18.9. The van der Waals surface area contributed by atoms with Gasteiger partial charge in [-0.2, -0.15) is 0 Å². The van der Waals surface area contributed by atoms with Crippen LogP contribution < -0.4 is 16.4 Å². The van der Waals surface area contributed by atoms with Crippen molar-refractivity contribution in [3.63, 3.8) is 0 Å². The molecule has 138 valence electrons. The van der Waals surface area contributed by atoms with Crippen LogP contribution in [0.4, 0.5) is 0 Å². The van der Waals surface area contributed by atoms with Gasteiger partial charge in [0.15, 0.2) is 0 Å². The van der Waals surface area contributed by atoms with Crippen LogP contribution in [0.25, 0.3) is 0 Å². The Bertz CT molecular complexity index is 465. The molecule has 3 atom stereocenters. The molecule has 0 aliphatic heterocycles. The summed E-state index contributed by atoms with van der Waals surface area (Å²) in [6, 6.07) is -1.78. The van der Waals surface area contributed by atoms with Crippen molar-refractivity contribution in [3.05, 3.63) is 0 Å². The Kier molecular flexibility index (Phi) is 9.68. The molecule has 0 saturated heterocycles. The Labute approximate surface area is 142 Å². The van der Waals surface area contributed by atoms with E-state index in [0.717, 1.165) is 0 Å². The summed E-state index contributed by atoms with van der Waals surface area (Å²) >= 11 is 0. The lowest BCUT2D eigenvalue weighted by atomic mass is 9.99. The Balaban J connectivity index is 4.94. The van der Waals surface area contributed by atoms with Crippen molar-refractivity contribution in [2.45, 2.75) is 59.5 Å². The molecule has 8 heteroatoms. The van der Waals surface area contributed by atoms with Gasteiger partial charge in [-0.15, -0.1) is 0 Å². The Morgan fingerprint density at radius 1 is 1.00 bits per heavy atom. The summed E-state index contributed by atoms with van der Waals surface area (Å²) in [4.78, 5) is 46.9. The number of esters is 1. The molecule has 0 radical (unpaired) electrons. The van der Waals surface area contributed by atoms with Crippen LogP contribution in [-0.2, 0) is 23.9 Å². The number of ether oxygens (including phenoxy) is 1. The third-order valence-corrected chi connectivity index (χ3v) is 3.34. The molecular weight excluding hydrogens is 314 g/mol. The zero-order valence-electron chi connectivity index (χ0n) is 15.0. The molecule has 24 heavy (non-hydrogen) atoms. The van der Waals surface area contributed by atoms with Gasteiger partial charge >= 0.3 is 5.97 Å². The maximum atomic E-state index is 12.4. The highest BCUT2D eigenvalue weighted by molar-refractivity contribution is 5.91. The molecule has 0 saturated carbocycles. The summed E-state index contributed by atoms with van der Waals surface area (Å²) in [6.07, 6.45) is 0.457. The van der Waals surface area contributed by atoms with Crippen LogP contribution in [0.2, 0.25) is 0 Å². The van der Waals surface area contributed by atoms with Crippen LogP contribution in [0.15, 0.2) is 0 Å². The van der Waals surface area contributed by atoms with Crippen molar-refractivity contribution >= 4 is 23.7 Å². The van der Waals surface area contributed by atoms with Crippen molar-refractivity contribution in [1.29, 1.82) is 0 Å². The predicted octanol–water partition coefficient (Wildman–Crippen LogP) is 0.0966. The molecule has 0 aliphatic rings. The van der Waals surface area contributed by atoms with Gasteiger partial charge in [-0.1, -0.05) is 20.8 Å². The van der Waals surface area contributed by atoms with E-state index in [0.29, 0.717) is 6.42 Å². The smallest absolute Gasteiger partial charge is 0.308 e. The van der Waals surface area contributed by atoms with Gasteiger partial charge in [-0.25, -0.2) is 0 Å². The number of hydrogen-bond donors (Lipinski definition) is 3. The molecule has 0 fully saturated rings. The molecule has 8 nitrogen and oxygen atoms in total. The molecule has 0 rings (SSSR count). The monoisotopic (exact) mass is 343 g/mol. The fourth-order valence-electron chi connectivity index (χ4n) is 2.20. The minimum atomic E-state index is -1.01. The molecule has 3 amide bonds. The quantitative estimate of drug-likeness (QED) is 0.485. The molecule has 0 aromatic heterocycles. The van der Waals surface area contributed by atoms with Crippen molar-refractivity contribution in [2.75, 3.05) is 6.61 Å². The molecule has 4 N–H and O–H groups in total. The SMILES string of the molecule is CCOC(=O)[C@@H](C)C[C@@H](NC(=O)[C@H](CC(C)C)NC(C)=O)C(N)=O. The van der Waals surface area contributed by atoms with Crippen LogP contribution in [-0.4, -0.2) is 42.4 Å². The molecule has 0 bridgehead atoms. The van der Waals surface area contributed by atoms with Crippen LogP contribution in [0.1, 0.15) is 47.5 Å². The van der Waals surface area contributed by atoms with E-state index in [1.165, 1.54) is 6.92 Å². The van der Waals surface area contributed by atoms with E-state index in [9.17, 15) is 19.2 Å². The van der Waals surface area contributed by atoms with Crippen LogP contribution in [0.3, 0.4) is 0 Å². The van der Waals surface area contributed by atoms with Gasteiger partial charge in [0, 0.05) is 6.92 Å². The van der Waals surface area contributed by atoms with Crippen LogP contribution >= 0.6 is 0 Å². The first-order chi connectivity index (χ1) is 11.1. The minimum absolute atomic E-state index is 0.0361. The molecule has 0 spiro atoms. The number of primary amides is 1. The second-order valence-corrected chi connectivity index (χ2v) is 6.24. The van der Waals surface area contributed by atoms with E-state index >= 15 is 0 Å². The lowest BCUT2D eigenvalue weighted by Gasteiger charge is -2.23. The molecule has 0 aliphatic carbocycles. The zero-order valence-corrected chi connectivity index (χ0v) is 15.0. The van der Waals surface area contributed by atoms with Crippen molar-refractivity contribution in [2.24, 2.45) is 17.6 Å². The summed E-state index contributed by atoms with van der Waals surface area (Å²) in [5, 5.41) is 5.08. The number of nitrogens with one attached hydrogen (secondary N) is 2. The highest BCUT2D eigenvalue weighted by atomic mass is 16.5. The standard InChI is InChI=1S/C16H29N3O5/c1-6-24-16(23)10(4)8-12(14(17)21)19-15(22)13(7-9(2)3)18-11(5)20/h9-10,12-13H,6-8H2,1-5H3,(H2,17,21)(H,18,20)(H,19,22)/t10-,12+,13-/m0/s1. The minimum Gasteiger partial charge on any atom is -0.466 e. The summed E-state index contributed by atoms with van der Waals surface area (Å²) in [5.74, 6) is -2.47. The van der Waals surface area contributed by atoms with Crippen molar-refractivity contribution < 1.29 is 23.9 Å². The summed E-state index contributed by atoms with van der Waals surface area (Å²) in [6.45, 7) is 8.65. The summed E-state index contributed by atoms with van der Waals surface area (Å²) < 4.78 is 4.88. The van der Waals surface area contributed by atoms with E-state index < -0.39 is 35.8 Å². The van der Waals surface area contributed by atoms with E-state index in [1.807, 2.05) is 13.8 Å². The number of carbonyl (C=O) groups is 4. The fraction of sp³-hybridized carbons (Fsp3) is 0.750. The van der Waals surface area contributed by atoms with Crippen LogP contribution in [0, 0.1) is 11.8 Å². The Morgan fingerprint density at radius 2 is 1.58 bits per heavy atom. The Hall–Kier alpha value is -2.12. The lowest BCUT2D eigenvalue weighted by Crippen LogP contribution is -2.53. The van der Waals surface area contributed by atoms with Gasteiger partial charge in [0.05, 0.1) is 12.5 Å². The average Bonchev–Trinajstić information content (AvgIpc) is 2.44. The third-order valence-electron chi connectivity index (χ3n) is 3.34. The molecule has 0 unspecified atom stereocenters. The first-order valence-electron chi connectivity index (χ1n) is 8.11. The largest absolute Gasteiger partial charge is 0.466 e. The normalized spacial score (nSPS) is 14.4. The molecule has 0 aromatic rings. The highest BCUT2D eigenvalue weighted by Gasteiger charge is 2.28. The van der Waals surface area contributed by atoms with Gasteiger partial charge in [0.2, 0.25) is 17.7 Å². The predicted molar refractivity (Wildman–Crippen MR) is 88.6 cm³/mol. The second kappa shape index (κ2) is 10.6. The highest BCUT2D eigenvalue weighted by Crippen LogP contribution is 2.10. The molecule has 0 heterocycles. The van der Waals surface area contributed by atoms with Crippen molar-refractivity contribution in [1.82, 2.24) is 10.6 Å².